The van der Waals surface area contributed by atoms with E-state index in [0.717, 1.165) is 5.56 Å². The number of carbonyl (C=O) groups is 1. The van der Waals surface area contributed by atoms with Gasteiger partial charge in [-0.1, -0.05) is 17.9 Å². The monoisotopic (exact) mass is 276 g/mol. The molecule has 0 aromatic heterocycles. The second kappa shape index (κ2) is 6.40. The lowest BCUT2D eigenvalue weighted by Gasteiger charge is -2.16. The Morgan fingerprint density at radius 2 is 2.20 bits per heavy atom. The summed E-state index contributed by atoms with van der Waals surface area (Å²) in [6.45, 7) is 1.81. The predicted molar refractivity (Wildman–Crippen MR) is 73.4 cm³/mol. The number of aliphatic hydroxyl groups is 1. The summed E-state index contributed by atoms with van der Waals surface area (Å²) < 4.78 is 13.6. The molecule has 1 N–H and O–H groups in total. The van der Waals surface area contributed by atoms with Gasteiger partial charge in [0.2, 0.25) is 0 Å². The van der Waals surface area contributed by atoms with Gasteiger partial charge in [0, 0.05) is 33.1 Å². The Bertz CT molecular complexity index is 563. The Labute approximate surface area is 117 Å². The third-order valence-electron chi connectivity index (χ3n) is 3.17. The Morgan fingerprint density at radius 1 is 1.40 bits per heavy atom. The molecule has 5 heteroatoms. The average Bonchev–Trinajstić information content (AvgIpc) is 2.74. The van der Waals surface area contributed by atoms with Crippen molar-refractivity contribution >= 4 is 6.03 Å². The summed E-state index contributed by atoms with van der Waals surface area (Å²) in [5, 5.41) is 8.67. The van der Waals surface area contributed by atoms with Crippen molar-refractivity contribution in [2.24, 2.45) is 0 Å². The van der Waals surface area contributed by atoms with E-state index < -0.39 is 0 Å². The fourth-order valence-corrected chi connectivity index (χ4v) is 2.05. The lowest BCUT2D eigenvalue weighted by molar-refractivity contribution is 0.197. The van der Waals surface area contributed by atoms with Crippen LogP contribution in [0.1, 0.15) is 17.5 Å². The van der Waals surface area contributed by atoms with Crippen molar-refractivity contribution in [1.82, 2.24) is 9.80 Å². The Balaban J connectivity index is 2.12. The van der Waals surface area contributed by atoms with Crippen molar-refractivity contribution in [1.29, 1.82) is 0 Å². The van der Waals surface area contributed by atoms with E-state index in [4.69, 9.17) is 5.11 Å². The summed E-state index contributed by atoms with van der Waals surface area (Å²) in [4.78, 5) is 15.2. The Morgan fingerprint density at radius 3 is 2.85 bits per heavy atom. The lowest BCUT2D eigenvalue weighted by Crippen LogP contribution is -2.28. The van der Waals surface area contributed by atoms with Gasteiger partial charge in [-0.2, -0.15) is 0 Å². The van der Waals surface area contributed by atoms with E-state index in [2.05, 4.69) is 11.8 Å². The molecule has 1 heterocycles. The number of carbonyl (C=O) groups excluding carboxylic acids is 1. The van der Waals surface area contributed by atoms with Crippen molar-refractivity contribution in [3.63, 3.8) is 0 Å². The van der Waals surface area contributed by atoms with Gasteiger partial charge >= 0.3 is 6.03 Å². The second-order valence-corrected chi connectivity index (χ2v) is 4.72. The van der Waals surface area contributed by atoms with Crippen LogP contribution in [-0.2, 0) is 6.54 Å². The van der Waals surface area contributed by atoms with Crippen LogP contribution in [0.15, 0.2) is 18.2 Å². The molecule has 0 bridgehead atoms. The first-order chi connectivity index (χ1) is 9.61. The molecular formula is C15H17FN2O2. The van der Waals surface area contributed by atoms with Crippen LogP contribution in [0.2, 0.25) is 0 Å². The number of hydrogen-bond acceptors (Lipinski definition) is 2. The molecule has 2 amide bonds. The molecule has 2 rings (SSSR count). The maximum atomic E-state index is 13.6. The number of amides is 2. The van der Waals surface area contributed by atoms with Crippen LogP contribution in [0, 0.1) is 17.7 Å². The number of nitrogens with zero attached hydrogens (tertiary/aromatic N) is 2. The van der Waals surface area contributed by atoms with E-state index in [1.54, 1.807) is 29.0 Å². The molecule has 0 radical (unpaired) electrons. The standard InChI is InChI=1S/C15H17FN2O2/c1-17-7-8-18(15(17)20)11-12-5-6-14(16)13(10-12)4-2-3-9-19/h5-6,10,19H,3,7-9,11H2,1H3. The molecule has 0 atom stereocenters. The topological polar surface area (TPSA) is 43.8 Å². The molecule has 20 heavy (non-hydrogen) atoms. The molecule has 1 saturated heterocycles. The van der Waals surface area contributed by atoms with Crippen molar-refractivity contribution in [3.8, 4) is 11.8 Å². The van der Waals surface area contributed by atoms with E-state index in [-0.39, 0.29) is 18.5 Å². The molecule has 1 aromatic rings. The van der Waals surface area contributed by atoms with Gasteiger partial charge in [0.15, 0.2) is 0 Å². The minimum atomic E-state index is -0.385. The highest BCUT2D eigenvalue weighted by molar-refractivity contribution is 5.76. The van der Waals surface area contributed by atoms with Gasteiger partial charge in [-0.15, -0.1) is 0 Å². The molecule has 0 spiro atoms. The van der Waals surface area contributed by atoms with E-state index in [1.807, 2.05) is 0 Å². The summed E-state index contributed by atoms with van der Waals surface area (Å²) in [5.74, 6) is 5.02. The highest BCUT2D eigenvalue weighted by atomic mass is 19.1. The lowest BCUT2D eigenvalue weighted by atomic mass is 10.1. The summed E-state index contributed by atoms with van der Waals surface area (Å²) in [6.07, 6.45) is 0.319. The molecule has 0 saturated carbocycles. The number of rotatable bonds is 3. The summed E-state index contributed by atoms with van der Waals surface area (Å²) in [5.41, 5.74) is 1.15. The molecule has 1 aromatic carbocycles. The van der Waals surface area contributed by atoms with Crippen LogP contribution in [0.3, 0.4) is 0 Å². The SMILES string of the molecule is CN1CCN(Cc2ccc(F)c(C#CCCO)c2)C1=O. The quantitative estimate of drug-likeness (QED) is 0.849. The van der Waals surface area contributed by atoms with Gasteiger partial charge in [0.25, 0.3) is 0 Å². The number of urea groups is 1. The number of aliphatic hydroxyl groups excluding tert-OH is 1. The largest absolute Gasteiger partial charge is 0.395 e. The first-order valence-electron chi connectivity index (χ1n) is 6.50. The zero-order chi connectivity index (χ0) is 14.5. The molecule has 106 valence electrons. The van der Waals surface area contributed by atoms with E-state index in [1.165, 1.54) is 6.07 Å². The zero-order valence-corrected chi connectivity index (χ0v) is 11.4. The van der Waals surface area contributed by atoms with Gasteiger partial charge in [0.1, 0.15) is 5.82 Å². The van der Waals surface area contributed by atoms with Crippen LogP contribution in [0.5, 0.6) is 0 Å². The second-order valence-electron chi connectivity index (χ2n) is 4.72. The summed E-state index contributed by atoms with van der Waals surface area (Å²) in [6, 6.07) is 4.67. The van der Waals surface area contributed by atoms with Crippen LogP contribution >= 0.6 is 0 Å². The normalized spacial score (nSPS) is 14.4. The number of halogens is 1. The molecule has 1 aliphatic heterocycles. The fraction of sp³-hybridized carbons (Fsp3) is 0.400. The molecule has 0 unspecified atom stereocenters. The van der Waals surface area contributed by atoms with Gasteiger partial charge in [-0.3, -0.25) is 0 Å². The van der Waals surface area contributed by atoms with Crippen molar-refractivity contribution in [2.75, 3.05) is 26.7 Å². The van der Waals surface area contributed by atoms with Crippen molar-refractivity contribution in [2.45, 2.75) is 13.0 Å². The third-order valence-corrected chi connectivity index (χ3v) is 3.17. The number of hydrogen-bond donors (Lipinski definition) is 1. The minimum absolute atomic E-state index is 0.0118. The van der Waals surface area contributed by atoms with Crippen LogP contribution in [-0.4, -0.2) is 47.7 Å². The maximum absolute atomic E-state index is 13.6. The Kier molecular flexibility index (Phi) is 4.59. The van der Waals surface area contributed by atoms with Crippen LogP contribution in [0.25, 0.3) is 0 Å². The number of likely N-dealkylation sites (N-methyl/N-ethyl adjacent to an activating group) is 1. The van der Waals surface area contributed by atoms with E-state index in [0.29, 0.717) is 31.6 Å². The third kappa shape index (κ3) is 3.28. The predicted octanol–water partition coefficient (Wildman–Crippen LogP) is 1.43. The Hall–Kier alpha value is -2.06. The molecule has 1 fully saturated rings. The van der Waals surface area contributed by atoms with Crippen molar-refractivity contribution in [3.05, 3.63) is 35.1 Å². The van der Waals surface area contributed by atoms with Gasteiger partial charge in [0.05, 0.1) is 12.2 Å². The van der Waals surface area contributed by atoms with Crippen molar-refractivity contribution < 1.29 is 14.3 Å². The molecule has 1 aliphatic rings. The van der Waals surface area contributed by atoms with Gasteiger partial charge in [-0.05, 0) is 17.7 Å². The minimum Gasteiger partial charge on any atom is -0.395 e. The zero-order valence-electron chi connectivity index (χ0n) is 11.4. The fourth-order valence-electron chi connectivity index (χ4n) is 2.05. The highest BCUT2D eigenvalue weighted by Crippen LogP contribution is 2.15. The summed E-state index contributed by atoms with van der Waals surface area (Å²) >= 11 is 0. The van der Waals surface area contributed by atoms with E-state index in [9.17, 15) is 9.18 Å². The van der Waals surface area contributed by atoms with Crippen LogP contribution in [0.4, 0.5) is 9.18 Å². The molecular weight excluding hydrogens is 259 g/mol. The van der Waals surface area contributed by atoms with E-state index >= 15 is 0 Å². The van der Waals surface area contributed by atoms with Crippen LogP contribution < -0.4 is 0 Å². The smallest absolute Gasteiger partial charge is 0.320 e. The number of benzene rings is 1. The van der Waals surface area contributed by atoms with Gasteiger partial charge < -0.3 is 14.9 Å². The molecule has 0 aliphatic carbocycles. The average molecular weight is 276 g/mol. The first kappa shape index (κ1) is 14.4. The summed E-state index contributed by atoms with van der Waals surface area (Å²) in [7, 11) is 1.76. The van der Waals surface area contributed by atoms with Gasteiger partial charge in [-0.25, -0.2) is 9.18 Å². The maximum Gasteiger partial charge on any atom is 0.320 e. The first-order valence-corrected chi connectivity index (χ1v) is 6.50. The molecule has 4 nitrogen and oxygen atoms in total. The highest BCUT2D eigenvalue weighted by Gasteiger charge is 2.25.